The number of nitrogens with one attached hydrogen (secondary N) is 2. The van der Waals surface area contributed by atoms with Crippen LogP contribution in [-0.4, -0.2) is 71.1 Å². The lowest BCUT2D eigenvalue weighted by Crippen LogP contribution is -2.59. The molecular weight excluding hydrogens is 506 g/mol. The monoisotopic (exact) mass is 551 g/mol. The maximum absolute atomic E-state index is 14.2. The predicted molar refractivity (Wildman–Crippen MR) is 151 cm³/mol. The highest BCUT2D eigenvalue weighted by molar-refractivity contribution is 7.98. The number of carbonyl (C=O) groups is 4. The number of rotatable bonds is 14. The van der Waals surface area contributed by atoms with Gasteiger partial charge in [-0.25, -0.2) is 4.79 Å². The molecule has 9 nitrogen and oxygen atoms in total. The zero-order valence-electron chi connectivity index (χ0n) is 24.1. The lowest BCUT2D eigenvalue weighted by atomic mass is 9.91. The first-order valence-electron chi connectivity index (χ1n) is 13.1. The highest BCUT2D eigenvalue weighted by atomic mass is 32.2. The summed E-state index contributed by atoms with van der Waals surface area (Å²) in [6.07, 6.45) is 2.16. The Bertz CT molecular complexity index is 917. The van der Waals surface area contributed by atoms with E-state index < -0.39 is 41.2 Å². The Morgan fingerprint density at radius 2 is 1.66 bits per heavy atom. The zero-order valence-corrected chi connectivity index (χ0v) is 24.9. The maximum Gasteiger partial charge on any atom is 0.408 e. The van der Waals surface area contributed by atoms with Crippen molar-refractivity contribution in [2.24, 2.45) is 0 Å². The fourth-order valence-electron chi connectivity index (χ4n) is 3.73. The van der Waals surface area contributed by atoms with Gasteiger partial charge in [0.05, 0.1) is 13.0 Å². The van der Waals surface area contributed by atoms with Crippen LogP contribution >= 0.6 is 11.8 Å². The van der Waals surface area contributed by atoms with Gasteiger partial charge in [0.1, 0.15) is 17.7 Å². The molecule has 1 rings (SSSR count). The van der Waals surface area contributed by atoms with Crippen molar-refractivity contribution >= 4 is 35.6 Å². The number of hydrogen-bond acceptors (Lipinski definition) is 7. The Morgan fingerprint density at radius 1 is 1.03 bits per heavy atom. The lowest BCUT2D eigenvalue weighted by molar-refractivity contribution is -0.149. The van der Waals surface area contributed by atoms with Crippen LogP contribution in [0.3, 0.4) is 0 Å². The van der Waals surface area contributed by atoms with Crippen LogP contribution in [0.5, 0.6) is 0 Å². The average molecular weight is 552 g/mol. The van der Waals surface area contributed by atoms with E-state index in [1.54, 1.807) is 68.6 Å². The van der Waals surface area contributed by atoms with Gasteiger partial charge in [0.25, 0.3) is 0 Å². The van der Waals surface area contributed by atoms with Gasteiger partial charge in [-0.1, -0.05) is 37.3 Å². The van der Waals surface area contributed by atoms with E-state index in [1.165, 1.54) is 0 Å². The molecule has 0 aliphatic carbocycles. The van der Waals surface area contributed by atoms with Gasteiger partial charge in [0.2, 0.25) is 11.8 Å². The molecular formula is C28H45N3O6S. The summed E-state index contributed by atoms with van der Waals surface area (Å²) in [6, 6.07) is 7.14. The Balaban J connectivity index is 3.45. The number of nitrogens with zero attached hydrogens (tertiary/aromatic N) is 1. The van der Waals surface area contributed by atoms with Crippen molar-refractivity contribution in [3.8, 4) is 0 Å². The summed E-state index contributed by atoms with van der Waals surface area (Å²) >= 11 is 1.56. The number of alkyl carbamates (subject to hydrolysis) is 1. The second-order valence-electron chi connectivity index (χ2n) is 10.5. The molecule has 0 radical (unpaired) electrons. The number of benzene rings is 1. The first-order valence-corrected chi connectivity index (χ1v) is 14.5. The van der Waals surface area contributed by atoms with Crippen LogP contribution in [0.15, 0.2) is 30.3 Å². The van der Waals surface area contributed by atoms with E-state index in [1.807, 2.05) is 33.1 Å². The van der Waals surface area contributed by atoms with Crippen molar-refractivity contribution in [1.82, 2.24) is 15.5 Å². The topological polar surface area (TPSA) is 114 Å². The van der Waals surface area contributed by atoms with E-state index in [9.17, 15) is 19.2 Å². The summed E-state index contributed by atoms with van der Waals surface area (Å²) in [4.78, 5) is 53.9. The third-order valence-corrected chi connectivity index (χ3v) is 6.55. The molecule has 2 N–H and O–H groups in total. The predicted octanol–water partition coefficient (Wildman–Crippen LogP) is 4.46. The van der Waals surface area contributed by atoms with Crippen LogP contribution in [0.4, 0.5) is 4.79 Å². The van der Waals surface area contributed by atoms with Crippen molar-refractivity contribution in [3.05, 3.63) is 35.9 Å². The van der Waals surface area contributed by atoms with Gasteiger partial charge in [-0.05, 0) is 72.0 Å². The summed E-state index contributed by atoms with van der Waals surface area (Å²) in [5.74, 6) is -0.596. The van der Waals surface area contributed by atoms with Crippen LogP contribution < -0.4 is 10.6 Å². The zero-order chi connectivity index (χ0) is 28.9. The minimum Gasteiger partial charge on any atom is -0.466 e. The molecule has 2 atom stereocenters. The van der Waals surface area contributed by atoms with Gasteiger partial charge >= 0.3 is 12.1 Å². The first kappa shape index (κ1) is 33.3. The largest absolute Gasteiger partial charge is 0.466 e. The van der Waals surface area contributed by atoms with Gasteiger partial charge in [-0.15, -0.1) is 0 Å². The molecule has 0 spiro atoms. The second kappa shape index (κ2) is 15.6. The number of esters is 1. The first-order chi connectivity index (χ1) is 17.8. The molecule has 0 bridgehead atoms. The van der Waals surface area contributed by atoms with E-state index in [4.69, 9.17) is 9.47 Å². The fourth-order valence-corrected chi connectivity index (χ4v) is 4.20. The van der Waals surface area contributed by atoms with E-state index in [-0.39, 0.29) is 25.5 Å². The molecule has 38 heavy (non-hydrogen) atoms. The Kier molecular flexibility index (Phi) is 13.7. The van der Waals surface area contributed by atoms with Crippen LogP contribution in [-0.2, 0) is 23.9 Å². The molecule has 1 aromatic carbocycles. The molecule has 0 fully saturated rings. The molecule has 1 aromatic rings. The van der Waals surface area contributed by atoms with Crippen molar-refractivity contribution in [2.45, 2.75) is 91.0 Å². The van der Waals surface area contributed by atoms with Crippen molar-refractivity contribution in [2.75, 3.05) is 25.2 Å². The second-order valence-corrected chi connectivity index (χ2v) is 11.5. The van der Waals surface area contributed by atoms with Crippen LogP contribution in [0.1, 0.15) is 79.3 Å². The maximum atomic E-state index is 14.2. The molecule has 3 amide bonds. The number of ether oxygens (including phenoxy) is 2. The lowest BCUT2D eigenvalue weighted by Gasteiger charge is -2.44. The van der Waals surface area contributed by atoms with Gasteiger partial charge in [0, 0.05) is 12.1 Å². The Labute approximate surface area is 231 Å². The Morgan fingerprint density at radius 3 is 2.18 bits per heavy atom. The SMILES string of the molecule is CCOC(=O)CCNC(=O)C(c1ccccc1)N(C(=O)C(CCSC)NC(=O)OC(C)(C)C)C(C)(C)CC. The summed E-state index contributed by atoms with van der Waals surface area (Å²) in [6.45, 7) is 13.0. The molecule has 0 heterocycles. The third kappa shape index (κ3) is 10.9. The third-order valence-electron chi connectivity index (χ3n) is 5.91. The fraction of sp³-hybridized carbons (Fsp3) is 0.643. The van der Waals surface area contributed by atoms with Crippen LogP contribution in [0.2, 0.25) is 0 Å². The highest BCUT2D eigenvalue weighted by Crippen LogP contribution is 2.32. The number of hydrogen-bond donors (Lipinski definition) is 2. The summed E-state index contributed by atoms with van der Waals surface area (Å²) < 4.78 is 10.4. The van der Waals surface area contributed by atoms with Crippen molar-refractivity contribution in [1.29, 1.82) is 0 Å². The van der Waals surface area contributed by atoms with Gasteiger partial charge in [-0.2, -0.15) is 11.8 Å². The Hall–Kier alpha value is -2.75. The smallest absolute Gasteiger partial charge is 0.408 e. The summed E-state index contributed by atoms with van der Waals surface area (Å²) in [7, 11) is 0. The summed E-state index contributed by atoms with van der Waals surface area (Å²) in [5.41, 5.74) is -0.856. The molecule has 0 aliphatic rings. The highest BCUT2D eigenvalue weighted by Gasteiger charge is 2.43. The molecule has 0 aromatic heterocycles. The quantitative estimate of drug-likeness (QED) is 0.328. The van der Waals surface area contributed by atoms with Crippen LogP contribution in [0, 0.1) is 0 Å². The minimum atomic E-state index is -0.988. The van der Waals surface area contributed by atoms with E-state index in [2.05, 4.69) is 10.6 Å². The molecule has 2 unspecified atom stereocenters. The van der Waals surface area contributed by atoms with Gasteiger partial charge in [-0.3, -0.25) is 14.4 Å². The normalized spacial score (nSPS) is 13.2. The van der Waals surface area contributed by atoms with Gasteiger partial charge < -0.3 is 25.0 Å². The number of amides is 3. The van der Waals surface area contributed by atoms with Gasteiger partial charge in [0.15, 0.2) is 0 Å². The molecule has 10 heteroatoms. The molecule has 0 aliphatic heterocycles. The molecule has 0 saturated carbocycles. The molecule has 0 saturated heterocycles. The van der Waals surface area contributed by atoms with E-state index in [0.29, 0.717) is 24.2 Å². The number of carbonyl (C=O) groups excluding carboxylic acids is 4. The van der Waals surface area contributed by atoms with E-state index >= 15 is 0 Å². The summed E-state index contributed by atoms with van der Waals surface area (Å²) in [5, 5.41) is 5.55. The number of thioether (sulfide) groups is 1. The average Bonchev–Trinajstić information content (AvgIpc) is 2.83. The van der Waals surface area contributed by atoms with Crippen molar-refractivity contribution in [3.63, 3.8) is 0 Å². The van der Waals surface area contributed by atoms with Crippen molar-refractivity contribution < 1.29 is 28.7 Å². The standard InChI is InChI=1S/C28H45N3O6S/c1-9-28(6,7)31(25(34)21(17-19-38-8)30-26(35)37-27(3,4)5)23(20-14-12-11-13-15-20)24(33)29-18-16-22(32)36-10-2/h11-15,21,23H,9-10,16-19H2,1-8H3,(H,29,33)(H,30,35). The van der Waals surface area contributed by atoms with Crippen LogP contribution in [0.25, 0.3) is 0 Å². The minimum absolute atomic E-state index is 0.0166. The van der Waals surface area contributed by atoms with E-state index in [0.717, 1.165) is 0 Å². The molecule has 214 valence electrons.